The molecule has 1 nitrogen and oxygen atoms in total. The van der Waals surface area contributed by atoms with Crippen LogP contribution in [-0.2, 0) is 11.8 Å². The molecule has 1 aromatic carbocycles. The first-order chi connectivity index (χ1) is 7.70. The molecule has 0 N–H and O–H groups in total. The van der Waals surface area contributed by atoms with Crippen molar-refractivity contribution in [3.63, 3.8) is 0 Å². The predicted molar refractivity (Wildman–Crippen MR) is 67.7 cm³/mol. The highest BCUT2D eigenvalue weighted by molar-refractivity contribution is 5.36. The van der Waals surface area contributed by atoms with Gasteiger partial charge in [-0.25, -0.2) is 0 Å². The van der Waals surface area contributed by atoms with Gasteiger partial charge >= 0.3 is 0 Å². The third-order valence-corrected chi connectivity index (χ3v) is 4.90. The van der Waals surface area contributed by atoms with Crippen molar-refractivity contribution in [1.82, 2.24) is 4.90 Å². The van der Waals surface area contributed by atoms with Gasteiger partial charge in [-0.3, -0.25) is 0 Å². The SMILES string of the molecule is C[C@@H]1CN2CCc3ccccc3C1(C)CC2. The van der Waals surface area contributed by atoms with Gasteiger partial charge in [0.15, 0.2) is 0 Å². The van der Waals surface area contributed by atoms with Crippen LogP contribution in [0.4, 0.5) is 0 Å². The van der Waals surface area contributed by atoms with E-state index >= 15 is 0 Å². The number of nitrogens with zero attached hydrogens (tertiary/aromatic N) is 1. The molecule has 0 radical (unpaired) electrons. The average Bonchev–Trinajstić information content (AvgIpc) is 2.29. The Morgan fingerprint density at radius 1 is 1.25 bits per heavy atom. The number of hydrogen-bond donors (Lipinski definition) is 0. The van der Waals surface area contributed by atoms with E-state index < -0.39 is 0 Å². The number of fused-ring (bicyclic) bond motifs is 3. The van der Waals surface area contributed by atoms with Gasteiger partial charge in [0, 0.05) is 13.1 Å². The average molecular weight is 215 g/mol. The van der Waals surface area contributed by atoms with Crippen molar-refractivity contribution in [3.8, 4) is 0 Å². The topological polar surface area (TPSA) is 3.24 Å². The fourth-order valence-corrected chi connectivity index (χ4v) is 3.49. The van der Waals surface area contributed by atoms with E-state index in [0.29, 0.717) is 5.41 Å². The normalized spacial score (nSPS) is 37.6. The number of rotatable bonds is 0. The zero-order valence-corrected chi connectivity index (χ0v) is 10.4. The van der Waals surface area contributed by atoms with Crippen molar-refractivity contribution in [3.05, 3.63) is 35.4 Å². The summed E-state index contributed by atoms with van der Waals surface area (Å²) in [5, 5.41) is 0. The first-order valence-corrected chi connectivity index (χ1v) is 6.51. The van der Waals surface area contributed by atoms with E-state index in [1.165, 1.54) is 32.5 Å². The van der Waals surface area contributed by atoms with Crippen LogP contribution in [0.25, 0.3) is 0 Å². The van der Waals surface area contributed by atoms with E-state index in [1.54, 1.807) is 11.1 Å². The smallest absolute Gasteiger partial charge is 0.00221 e. The Bertz CT molecular complexity index is 398. The van der Waals surface area contributed by atoms with E-state index in [9.17, 15) is 0 Å². The summed E-state index contributed by atoms with van der Waals surface area (Å²) in [5.74, 6) is 0.780. The molecular formula is C15H21N. The van der Waals surface area contributed by atoms with Crippen LogP contribution in [0, 0.1) is 5.92 Å². The van der Waals surface area contributed by atoms with Gasteiger partial charge in [0.25, 0.3) is 0 Å². The van der Waals surface area contributed by atoms with Crippen molar-refractivity contribution >= 4 is 0 Å². The van der Waals surface area contributed by atoms with Crippen molar-refractivity contribution in [1.29, 1.82) is 0 Å². The summed E-state index contributed by atoms with van der Waals surface area (Å²) < 4.78 is 0. The lowest BCUT2D eigenvalue weighted by molar-refractivity contribution is 0.104. The summed E-state index contributed by atoms with van der Waals surface area (Å²) in [4.78, 5) is 2.64. The molecule has 16 heavy (non-hydrogen) atoms. The summed E-state index contributed by atoms with van der Waals surface area (Å²) >= 11 is 0. The van der Waals surface area contributed by atoms with Crippen molar-refractivity contribution in [2.45, 2.75) is 32.1 Å². The van der Waals surface area contributed by atoms with E-state index in [4.69, 9.17) is 0 Å². The quantitative estimate of drug-likeness (QED) is 0.643. The number of hydrogen-bond acceptors (Lipinski definition) is 1. The van der Waals surface area contributed by atoms with Gasteiger partial charge in [-0.15, -0.1) is 0 Å². The molecule has 1 fully saturated rings. The number of benzene rings is 1. The third-order valence-electron chi connectivity index (χ3n) is 4.90. The maximum atomic E-state index is 2.64. The molecule has 0 amide bonds. The first kappa shape index (κ1) is 10.3. The van der Waals surface area contributed by atoms with Gasteiger partial charge in [0.05, 0.1) is 0 Å². The van der Waals surface area contributed by atoms with Crippen molar-refractivity contribution < 1.29 is 0 Å². The molecule has 2 bridgehead atoms. The number of piperidine rings is 1. The van der Waals surface area contributed by atoms with E-state index in [0.717, 1.165) is 5.92 Å². The maximum Gasteiger partial charge on any atom is 0.00221 e. The summed E-state index contributed by atoms with van der Waals surface area (Å²) in [6.07, 6.45) is 2.56. The lowest BCUT2D eigenvalue weighted by Crippen LogP contribution is -2.50. The van der Waals surface area contributed by atoms with E-state index in [-0.39, 0.29) is 0 Å². The van der Waals surface area contributed by atoms with Gasteiger partial charge in [-0.05, 0) is 41.8 Å². The standard InChI is InChI=1S/C15H21N/c1-12-11-16-9-7-13-5-3-4-6-14(13)15(12,2)8-10-16/h3-6,12H,7-11H2,1-2H3/t12-,15?/m1/s1. The summed E-state index contributed by atoms with van der Waals surface area (Å²) in [6.45, 7) is 8.71. The zero-order valence-electron chi connectivity index (χ0n) is 10.4. The second kappa shape index (κ2) is 3.59. The van der Waals surface area contributed by atoms with Gasteiger partial charge in [0.1, 0.15) is 0 Å². The fourth-order valence-electron chi connectivity index (χ4n) is 3.49. The minimum absolute atomic E-state index is 0.410. The molecule has 3 heterocycles. The van der Waals surface area contributed by atoms with Gasteiger partial charge in [-0.1, -0.05) is 38.1 Å². The Morgan fingerprint density at radius 2 is 2.06 bits per heavy atom. The van der Waals surface area contributed by atoms with Crippen molar-refractivity contribution in [2.75, 3.05) is 19.6 Å². The Labute approximate surface area is 98.5 Å². The Hall–Kier alpha value is -0.820. The van der Waals surface area contributed by atoms with Gasteiger partial charge in [-0.2, -0.15) is 0 Å². The fraction of sp³-hybridized carbons (Fsp3) is 0.600. The zero-order chi connectivity index (χ0) is 11.2. The molecule has 1 aromatic rings. The molecule has 3 aliphatic heterocycles. The van der Waals surface area contributed by atoms with Crippen LogP contribution in [0.1, 0.15) is 31.4 Å². The maximum absolute atomic E-state index is 2.64. The highest BCUT2D eigenvalue weighted by Crippen LogP contribution is 2.42. The van der Waals surface area contributed by atoms with Gasteiger partial charge in [0.2, 0.25) is 0 Å². The van der Waals surface area contributed by atoms with E-state index in [2.05, 4.69) is 43.0 Å². The summed E-state index contributed by atoms with van der Waals surface area (Å²) in [6, 6.07) is 9.10. The lowest BCUT2D eigenvalue weighted by atomic mass is 9.65. The summed E-state index contributed by atoms with van der Waals surface area (Å²) in [5.41, 5.74) is 3.62. The van der Waals surface area contributed by atoms with Crippen molar-refractivity contribution in [2.24, 2.45) is 5.92 Å². The largest absolute Gasteiger partial charge is 0.303 e. The molecule has 3 aliphatic rings. The second-order valence-electron chi connectivity index (χ2n) is 5.78. The highest BCUT2D eigenvalue weighted by atomic mass is 15.1. The molecule has 1 saturated heterocycles. The van der Waals surface area contributed by atoms with Crippen LogP contribution in [0.5, 0.6) is 0 Å². The molecule has 3 atom stereocenters. The van der Waals surface area contributed by atoms with Crippen LogP contribution >= 0.6 is 0 Å². The Morgan fingerprint density at radius 3 is 2.88 bits per heavy atom. The highest BCUT2D eigenvalue weighted by Gasteiger charge is 2.40. The van der Waals surface area contributed by atoms with E-state index in [1.807, 2.05) is 0 Å². The molecule has 2 unspecified atom stereocenters. The molecular weight excluding hydrogens is 194 g/mol. The molecule has 86 valence electrons. The molecule has 0 aliphatic carbocycles. The predicted octanol–water partition coefficient (Wildman–Crippen LogP) is 2.84. The van der Waals surface area contributed by atoms with Crippen LogP contribution in [-0.4, -0.2) is 24.5 Å². The molecule has 1 heteroatoms. The first-order valence-electron chi connectivity index (χ1n) is 6.51. The van der Waals surface area contributed by atoms with Crippen LogP contribution in [0.15, 0.2) is 24.3 Å². The Kier molecular flexibility index (Phi) is 2.32. The third kappa shape index (κ3) is 1.41. The summed E-state index contributed by atoms with van der Waals surface area (Å²) in [7, 11) is 0. The minimum atomic E-state index is 0.410. The molecule has 0 spiro atoms. The molecule has 4 rings (SSSR count). The lowest BCUT2D eigenvalue weighted by Gasteiger charge is -2.48. The Balaban J connectivity index is 2.14. The molecule has 0 saturated carbocycles. The minimum Gasteiger partial charge on any atom is -0.303 e. The van der Waals surface area contributed by atoms with Crippen LogP contribution in [0.3, 0.4) is 0 Å². The second-order valence-corrected chi connectivity index (χ2v) is 5.78. The molecule has 0 aromatic heterocycles. The van der Waals surface area contributed by atoms with Gasteiger partial charge < -0.3 is 4.90 Å². The monoisotopic (exact) mass is 215 g/mol. The van der Waals surface area contributed by atoms with Crippen LogP contribution < -0.4 is 0 Å². The van der Waals surface area contributed by atoms with Crippen LogP contribution in [0.2, 0.25) is 0 Å².